The molecule has 0 atom stereocenters. The monoisotopic (exact) mass is 459 g/mol. The van der Waals surface area contributed by atoms with Gasteiger partial charge in [-0.2, -0.15) is 0 Å². The predicted octanol–water partition coefficient (Wildman–Crippen LogP) is 3.02. The lowest BCUT2D eigenvalue weighted by atomic mass is 10.2. The fraction of sp³-hybridized carbons (Fsp3) is 0.286. The van der Waals surface area contributed by atoms with Crippen LogP contribution in [0.1, 0.15) is 16.8 Å². The van der Waals surface area contributed by atoms with E-state index in [1.165, 1.54) is 37.2 Å². The molecule has 4 rings (SSSR count). The van der Waals surface area contributed by atoms with Gasteiger partial charge in [0.25, 0.3) is 5.91 Å². The molecule has 0 radical (unpaired) electrons. The van der Waals surface area contributed by atoms with Gasteiger partial charge in [-0.25, -0.2) is 22.7 Å². The number of sulfonamides is 1. The molecule has 0 saturated heterocycles. The molecule has 31 heavy (non-hydrogen) atoms. The number of carbonyl (C=O) groups is 1. The number of aromatic nitrogens is 2. The minimum atomic E-state index is -3.72. The molecule has 0 unspecified atom stereocenters. The van der Waals surface area contributed by atoms with E-state index in [9.17, 15) is 13.2 Å². The molecule has 1 aromatic heterocycles. The number of halogens is 1. The average molecular weight is 460 g/mol. The van der Waals surface area contributed by atoms with E-state index in [4.69, 9.17) is 21.6 Å². The molecule has 8 nitrogen and oxygen atoms in total. The van der Waals surface area contributed by atoms with E-state index in [1.54, 1.807) is 0 Å². The highest BCUT2D eigenvalue weighted by Gasteiger charge is 2.30. The number of nitrogens with zero attached hydrogens (tertiary/aromatic N) is 5. The minimum Gasteiger partial charge on any atom is -0.357 e. The van der Waals surface area contributed by atoms with Gasteiger partial charge in [0.05, 0.1) is 26.5 Å². The molecule has 1 amide bonds. The smallest absolute Gasteiger partial charge is 0.261 e. The molecule has 2 heterocycles. The number of rotatable bonds is 3. The lowest BCUT2D eigenvalue weighted by molar-refractivity contribution is 0.0986. The molecule has 3 aromatic rings. The summed E-state index contributed by atoms with van der Waals surface area (Å²) in [5, 5.41) is 0.176. The van der Waals surface area contributed by atoms with Gasteiger partial charge in [0.15, 0.2) is 11.6 Å². The van der Waals surface area contributed by atoms with Crippen molar-refractivity contribution >= 4 is 50.2 Å². The van der Waals surface area contributed by atoms with Crippen LogP contribution in [0.4, 0.5) is 11.6 Å². The summed E-state index contributed by atoms with van der Waals surface area (Å²) in [5.41, 5.74) is 1.51. The van der Waals surface area contributed by atoms with Crippen molar-refractivity contribution in [3.05, 3.63) is 53.1 Å². The number of carbonyl (C=O) groups excluding carboxylic acids is 1. The maximum atomic E-state index is 13.6. The van der Waals surface area contributed by atoms with Crippen molar-refractivity contribution in [2.75, 3.05) is 44.0 Å². The van der Waals surface area contributed by atoms with Crippen LogP contribution in [-0.2, 0) is 10.0 Å². The van der Waals surface area contributed by atoms with Gasteiger partial charge >= 0.3 is 0 Å². The van der Waals surface area contributed by atoms with Crippen LogP contribution >= 0.6 is 11.6 Å². The second-order valence-corrected chi connectivity index (χ2v) is 10.1. The first-order valence-electron chi connectivity index (χ1n) is 9.72. The van der Waals surface area contributed by atoms with Gasteiger partial charge in [-0.1, -0.05) is 23.7 Å². The molecule has 2 aromatic carbocycles. The van der Waals surface area contributed by atoms with Crippen molar-refractivity contribution in [3.63, 3.8) is 0 Å². The van der Waals surface area contributed by atoms with Crippen LogP contribution in [0, 0.1) is 0 Å². The zero-order valence-electron chi connectivity index (χ0n) is 17.4. The van der Waals surface area contributed by atoms with Crippen LogP contribution in [0.2, 0.25) is 5.02 Å². The Morgan fingerprint density at radius 3 is 2.32 bits per heavy atom. The number of benzene rings is 2. The molecule has 1 aliphatic rings. The van der Waals surface area contributed by atoms with E-state index >= 15 is 0 Å². The summed E-state index contributed by atoms with van der Waals surface area (Å²) in [6.45, 7) is 1.11. The Labute approximate surface area is 186 Å². The van der Waals surface area contributed by atoms with Crippen molar-refractivity contribution in [2.24, 2.45) is 0 Å². The first kappa shape index (κ1) is 21.5. The molecule has 0 spiro atoms. The third-order valence-corrected chi connectivity index (χ3v) is 7.36. The lowest BCUT2D eigenvalue weighted by Crippen LogP contribution is -2.33. The van der Waals surface area contributed by atoms with E-state index in [1.807, 2.05) is 36.2 Å². The number of anilines is 2. The zero-order chi connectivity index (χ0) is 22.3. The molecule has 10 heteroatoms. The van der Waals surface area contributed by atoms with Crippen molar-refractivity contribution in [1.82, 2.24) is 14.3 Å². The molecule has 0 saturated carbocycles. The third kappa shape index (κ3) is 3.84. The highest BCUT2D eigenvalue weighted by atomic mass is 35.5. The predicted molar refractivity (Wildman–Crippen MR) is 121 cm³/mol. The Morgan fingerprint density at radius 1 is 1.03 bits per heavy atom. The second-order valence-electron chi connectivity index (χ2n) is 7.52. The summed E-state index contributed by atoms with van der Waals surface area (Å²) in [7, 11) is 1.07. The SMILES string of the molecule is CN1CCCN(C(=O)c2cc(S(=O)(=O)N(C)C)ccc2Cl)c2nc3ccccc3nc21. The van der Waals surface area contributed by atoms with Crippen LogP contribution in [-0.4, -0.2) is 62.8 Å². The average Bonchev–Trinajstić information content (AvgIpc) is 2.90. The van der Waals surface area contributed by atoms with Gasteiger partial charge < -0.3 is 4.90 Å². The van der Waals surface area contributed by atoms with Gasteiger partial charge in [-0.05, 0) is 36.8 Å². The lowest BCUT2D eigenvalue weighted by Gasteiger charge is -2.23. The number of fused-ring (bicyclic) bond motifs is 2. The van der Waals surface area contributed by atoms with Crippen LogP contribution in [0.15, 0.2) is 47.4 Å². The molecule has 162 valence electrons. The zero-order valence-corrected chi connectivity index (χ0v) is 19.0. The number of para-hydroxylation sites is 2. The van der Waals surface area contributed by atoms with E-state index in [-0.39, 0.29) is 15.5 Å². The van der Waals surface area contributed by atoms with Crippen molar-refractivity contribution in [2.45, 2.75) is 11.3 Å². The quantitative estimate of drug-likeness (QED) is 0.598. The van der Waals surface area contributed by atoms with Crippen LogP contribution in [0.25, 0.3) is 11.0 Å². The Bertz CT molecular complexity index is 1280. The summed E-state index contributed by atoms with van der Waals surface area (Å²) in [6.07, 6.45) is 0.698. The highest BCUT2D eigenvalue weighted by Crippen LogP contribution is 2.32. The van der Waals surface area contributed by atoms with Crippen LogP contribution in [0.5, 0.6) is 0 Å². The Hall–Kier alpha value is -2.75. The summed E-state index contributed by atoms with van der Waals surface area (Å²) < 4.78 is 26.2. The fourth-order valence-electron chi connectivity index (χ4n) is 3.48. The Balaban J connectivity index is 1.85. The third-order valence-electron chi connectivity index (χ3n) is 5.22. The van der Waals surface area contributed by atoms with Crippen LogP contribution in [0.3, 0.4) is 0 Å². The molecule has 1 aliphatic heterocycles. The molecule has 0 bridgehead atoms. The fourth-order valence-corrected chi connectivity index (χ4v) is 4.61. The first-order valence-corrected chi connectivity index (χ1v) is 11.5. The largest absolute Gasteiger partial charge is 0.357 e. The molecule has 0 N–H and O–H groups in total. The number of hydrogen-bond donors (Lipinski definition) is 0. The number of amides is 1. The van der Waals surface area contributed by atoms with Crippen molar-refractivity contribution in [1.29, 1.82) is 0 Å². The van der Waals surface area contributed by atoms with E-state index < -0.39 is 15.9 Å². The van der Waals surface area contributed by atoms with E-state index in [0.717, 1.165) is 9.82 Å². The molecular weight excluding hydrogens is 438 g/mol. The van der Waals surface area contributed by atoms with Gasteiger partial charge in [0, 0.05) is 34.2 Å². The topological polar surface area (TPSA) is 86.7 Å². The molecular formula is C21H22ClN5O3S. The standard InChI is InChI=1S/C21H22ClN5O3S/c1-25(2)31(29,30)14-9-10-16(22)15(13-14)21(28)27-12-6-11-26(3)19-20(27)24-18-8-5-4-7-17(18)23-19/h4-5,7-10,13H,6,11-12H2,1-3H3. The second kappa shape index (κ2) is 8.07. The van der Waals surface area contributed by atoms with Gasteiger partial charge in [0.1, 0.15) is 0 Å². The Morgan fingerprint density at radius 2 is 1.68 bits per heavy atom. The summed E-state index contributed by atoms with van der Waals surface area (Å²) in [4.78, 5) is 26.5. The van der Waals surface area contributed by atoms with Crippen LogP contribution < -0.4 is 9.80 Å². The van der Waals surface area contributed by atoms with Gasteiger partial charge in [0.2, 0.25) is 10.0 Å². The Kier molecular flexibility index (Phi) is 5.59. The summed E-state index contributed by atoms with van der Waals surface area (Å²) >= 11 is 6.33. The van der Waals surface area contributed by atoms with E-state index in [0.29, 0.717) is 36.7 Å². The van der Waals surface area contributed by atoms with Crippen molar-refractivity contribution < 1.29 is 13.2 Å². The minimum absolute atomic E-state index is 0.00186. The van der Waals surface area contributed by atoms with Crippen molar-refractivity contribution in [3.8, 4) is 0 Å². The first-order chi connectivity index (χ1) is 14.7. The highest BCUT2D eigenvalue weighted by molar-refractivity contribution is 7.89. The summed E-state index contributed by atoms with van der Waals surface area (Å²) in [6, 6.07) is 11.6. The van der Waals surface area contributed by atoms with E-state index in [2.05, 4.69) is 0 Å². The van der Waals surface area contributed by atoms with Gasteiger partial charge in [-0.3, -0.25) is 9.69 Å². The molecule has 0 fully saturated rings. The number of hydrogen-bond acceptors (Lipinski definition) is 6. The maximum Gasteiger partial charge on any atom is 0.261 e. The normalized spacial score (nSPS) is 14.6. The van der Waals surface area contributed by atoms with Gasteiger partial charge in [-0.15, -0.1) is 0 Å². The maximum absolute atomic E-state index is 13.6. The molecule has 0 aliphatic carbocycles. The summed E-state index contributed by atoms with van der Waals surface area (Å²) in [5.74, 6) is 0.611.